The number of carbonyl (C=O) groups excluding carboxylic acids is 2. The molecule has 3 aliphatic heterocycles. The normalized spacial score (nSPS) is 32.5. The fraction of sp³-hybridized carbons (Fsp3) is 0.619. The van der Waals surface area contributed by atoms with E-state index in [-0.39, 0.29) is 36.5 Å². The predicted octanol–water partition coefficient (Wildman–Crippen LogP) is 1.01. The van der Waals surface area contributed by atoms with Crippen LogP contribution in [0.2, 0.25) is 0 Å². The summed E-state index contributed by atoms with van der Waals surface area (Å²) in [5.74, 6) is 0.183. The van der Waals surface area contributed by atoms with Crippen molar-refractivity contribution in [3.63, 3.8) is 0 Å². The molecule has 1 N–H and O–H groups in total. The van der Waals surface area contributed by atoms with Gasteiger partial charge in [0.25, 0.3) is 0 Å². The highest BCUT2D eigenvalue weighted by Gasteiger charge is 2.44. The lowest BCUT2D eigenvalue weighted by Gasteiger charge is -2.44. The monoisotopic (exact) mass is 402 g/mol. The molecule has 5 rings (SSSR count). The van der Waals surface area contributed by atoms with Crippen LogP contribution in [0, 0.1) is 5.82 Å². The second-order valence-electron chi connectivity index (χ2n) is 8.52. The molecule has 3 heterocycles. The molecule has 29 heavy (non-hydrogen) atoms. The Balaban J connectivity index is 1.12. The van der Waals surface area contributed by atoms with Crippen LogP contribution in [0.3, 0.4) is 0 Å². The zero-order valence-corrected chi connectivity index (χ0v) is 16.4. The number of nitrogens with one attached hydrogen (secondary N) is 1. The van der Waals surface area contributed by atoms with E-state index in [4.69, 9.17) is 4.74 Å². The number of morpholine rings is 1. The van der Waals surface area contributed by atoms with Gasteiger partial charge in [0.15, 0.2) is 0 Å². The molecular weight excluding hydrogens is 375 g/mol. The van der Waals surface area contributed by atoms with Crippen molar-refractivity contribution >= 4 is 11.9 Å². The Kier molecular flexibility index (Phi) is 4.91. The van der Waals surface area contributed by atoms with Crippen molar-refractivity contribution in [2.24, 2.45) is 0 Å². The minimum Gasteiger partial charge on any atom is -0.366 e. The molecule has 4 fully saturated rings. The number of ether oxygens (including phenoxy) is 1. The number of piperazine rings is 1. The number of carbonyl (C=O) groups is 2. The van der Waals surface area contributed by atoms with Crippen LogP contribution in [0.25, 0.3) is 0 Å². The van der Waals surface area contributed by atoms with E-state index >= 15 is 0 Å². The first kappa shape index (κ1) is 18.8. The Bertz CT molecular complexity index is 781. The van der Waals surface area contributed by atoms with E-state index in [1.54, 1.807) is 0 Å². The van der Waals surface area contributed by atoms with E-state index in [1.807, 2.05) is 21.9 Å². The highest BCUT2D eigenvalue weighted by molar-refractivity contribution is 5.79. The summed E-state index contributed by atoms with van der Waals surface area (Å²) >= 11 is 0. The van der Waals surface area contributed by atoms with Crippen LogP contribution in [0.5, 0.6) is 0 Å². The molecule has 0 aromatic heterocycles. The van der Waals surface area contributed by atoms with Crippen molar-refractivity contribution in [3.05, 3.63) is 35.6 Å². The molecule has 156 valence electrons. The maximum absolute atomic E-state index is 13.1. The largest absolute Gasteiger partial charge is 0.366 e. The molecule has 1 aliphatic carbocycles. The number of nitrogens with zero attached hydrogens (tertiary/aromatic N) is 3. The maximum Gasteiger partial charge on any atom is 0.320 e. The second kappa shape index (κ2) is 7.57. The molecule has 0 bridgehead atoms. The summed E-state index contributed by atoms with van der Waals surface area (Å²) in [6.45, 7) is 4.49. The Morgan fingerprint density at radius 3 is 2.59 bits per heavy atom. The first-order valence-corrected chi connectivity index (χ1v) is 10.5. The molecule has 7 nitrogen and oxygen atoms in total. The first-order chi connectivity index (χ1) is 14.1. The highest BCUT2D eigenvalue weighted by atomic mass is 19.1. The lowest BCUT2D eigenvalue weighted by atomic mass is 10.0. The van der Waals surface area contributed by atoms with Gasteiger partial charge in [-0.3, -0.25) is 9.69 Å². The lowest BCUT2D eigenvalue weighted by molar-refractivity contribution is -0.139. The molecular formula is C21H27FN4O3. The fourth-order valence-electron chi connectivity index (χ4n) is 4.97. The Morgan fingerprint density at radius 1 is 1.07 bits per heavy atom. The molecule has 1 aromatic carbocycles. The number of benzene rings is 1. The number of fused-ring (bicyclic) bond motifs is 1. The summed E-state index contributed by atoms with van der Waals surface area (Å²) in [6, 6.07) is 7.30. The number of hydrogen-bond donors (Lipinski definition) is 1. The third-order valence-corrected chi connectivity index (χ3v) is 6.70. The van der Waals surface area contributed by atoms with Gasteiger partial charge in [0, 0.05) is 51.2 Å². The number of likely N-dealkylation sites (tertiary alicyclic amines) is 1. The summed E-state index contributed by atoms with van der Waals surface area (Å²) in [5, 5.41) is 2.95. The molecule has 4 atom stereocenters. The third kappa shape index (κ3) is 3.83. The summed E-state index contributed by atoms with van der Waals surface area (Å²) in [5.41, 5.74) is 1.20. The van der Waals surface area contributed by atoms with Crippen molar-refractivity contribution in [2.45, 2.75) is 36.9 Å². The van der Waals surface area contributed by atoms with Gasteiger partial charge >= 0.3 is 6.03 Å². The van der Waals surface area contributed by atoms with Crippen molar-refractivity contribution in [1.29, 1.82) is 0 Å². The number of rotatable bonds is 2. The van der Waals surface area contributed by atoms with Crippen LogP contribution in [0.4, 0.5) is 9.18 Å². The smallest absolute Gasteiger partial charge is 0.320 e. The van der Waals surface area contributed by atoms with Crippen LogP contribution in [-0.4, -0.2) is 90.7 Å². The Labute approximate surface area is 169 Å². The number of amides is 3. The number of hydrogen-bond acceptors (Lipinski definition) is 4. The first-order valence-electron chi connectivity index (χ1n) is 10.5. The molecule has 0 radical (unpaired) electrons. The maximum atomic E-state index is 13.1. The summed E-state index contributed by atoms with van der Waals surface area (Å²) in [7, 11) is 0. The molecule has 2 unspecified atom stereocenters. The second-order valence-corrected chi connectivity index (χ2v) is 8.52. The van der Waals surface area contributed by atoms with Gasteiger partial charge in [-0.15, -0.1) is 0 Å². The number of piperidine rings is 1. The van der Waals surface area contributed by atoms with Gasteiger partial charge in [-0.2, -0.15) is 0 Å². The SMILES string of the molecule is O=C1CO[C@H]2CCN(C(=O)N3CCN(C4CC4c4ccc(F)cc4)CC3)C[C@H]2N1. The number of urea groups is 1. The Hall–Kier alpha value is -2.19. The fourth-order valence-corrected chi connectivity index (χ4v) is 4.97. The van der Waals surface area contributed by atoms with E-state index in [9.17, 15) is 14.0 Å². The molecule has 1 saturated carbocycles. The van der Waals surface area contributed by atoms with Crippen molar-refractivity contribution in [1.82, 2.24) is 20.0 Å². The number of halogens is 1. The summed E-state index contributed by atoms with van der Waals surface area (Å²) in [6.07, 6.45) is 1.89. The van der Waals surface area contributed by atoms with Gasteiger partial charge in [-0.05, 0) is 30.5 Å². The van der Waals surface area contributed by atoms with E-state index in [0.29, 0.717) is 25.0 Å². The van der Waals surface area contributed by atoms with Crippen LogP contribution >= 0.6 is 0 Å². The predicted molar refractivity (Wildman–Crippen MR) is 104 cm³/mol. The molecule has 8 heteroatoms. The quantitative estimate of drug-likeness (QED) is 0.802. The minimum atomic E-state index is -0.193. The third-order valence-electron chi connectivity index (χ3n) is 6.70. The van der Waals surface area contributed by atoms with E-state index < -0.39 is 0 Å². The average molecular weight is 402 g/mol. The minimum absolute atomic E-state index is 0.0202. The van der Waals surface area contributed by atoms with Gasteiger partial charge in [-0.1, -0.05) is 12.1 Å². The average Bonchev–Trinajstić information content (AvgIpc) is 3.54. The van der Waals surface area contributed by atoms with Crippen LogP contribution < -0.4 is 5.32 Å². The highest BCUT2D eigenvalue weighted by Crippen LogP contribution is 2.44. The van der Waals surface area contributed by atoms with Gasteiger partial charge in [0.1, 0.15) is 12.4 Å². The van der Waals surface area contributed by atoms with Crippen molar-refractivity contribution in [3.8, 4) is 0 Å². The van der Waals surface area contributed by atoms with Crippen LogP contribution in [-0.2, 0) is 9.53 Å². The zero-order chi connectivity index (χ0) is 20.0. The molecule has 4 aliphatic rings. The molecule has 0 spiro atoms. The van der Waals surface area contributed by atoms with Gasteiger partial charge in [-0.25, -0.2) is 9.18 Å². The zero-order valence-electron chi connectivity index (χ0n) is 16.4. The van der Waals surface area contributed by atoms with Gasteiger partial charge in [0.05, 0.1) is 12.1 Å². The summed E-state index contributed by atoms with van der Waals surface area (Å²) in [4.78, 5) is 30.8. The van der Waals surface area contributed by atoms with Crippen LogP contribution in [0.1, 0.15) is 24.3 Å². The van der Waals surface area contributed by atoms with E-state index in [1.165, 1.54) is 17.7 Å². The standard InChI is InChI=1S/C21H27FN4O3/c22-15-3-1-14(2-4-15)16-11-18(16)24-7-9-25(10-8-24)21(28)26-6-5-19-17(12-26)23-20(27)13-29-19/h1-4,16-19H,5-13H2,(H,23,27)/t16?,17-,18?,19+/m1/s1. The Morgan fingerprint density at radius 2 is 1.83 bits per heavy atom. The molecule has 3 saturated heterocycles. The van der Waals surface area contributed by atoms with E-state index in [0.717, 1.165) is 39.0 Å². The van der Waals surface area contributed by atoms with Crippen molar-refractivity contribution in [2.75, 3.05) is 45.9 Å². The van der Waals surface area contributed by atoms with E-state index in [2.05, 4.69) is 10.2 Å². The topological polar surface area (TPSA) is 65.1 Å². The van der Waals surface area contributed by atoms with Gasteiger partial charge < -0.3 is 19.9 Å². The van der Waals surface area contributed by atoms with Crippen molar-refractivity contribution < 1.29 is 18.7 Å². The van der Waals surface area contributed by atoms with Gasteiger partial charge in [0.2, 0.25) is 5.91 Å². The van der Waals surface area contributed by atoms with Crippen LogP contribution in [0.15, 0.2) is 24.3 Å². The molecule has 3 amide bonds. The summed E-state index contributed by atoms with van der Waals surface area (Å²) < 4.78 is 18.7. The lowest BCUT2D eigenvalue weighted by Crippen LogP contribution is -2.63. The molecule has 1 aromatic rings.